The molecule has 23 heavy (non-hydrogen) atoms. The van der Waals surface area contributed by atoms with Gasteiger partial charge in [0.25, 0.3) is 5.91 Å². The van der Waals surface area contributed by atoms with Crippen LogP contribution in [0.2, 0.25) is 15.1 Å². The lowest BCUT2D eigenvalue weighted by Crippen LogP contribution is -2.29. The number of carbonyl (C=O) groups excluding carboxylic acids is 1. The molecule has 0 radical (unpaired) electrons. The van der Waals surface area contributed by atoms with Crippen LogP contribution in [0.4, 0.5) is 5.69 Å². The van der Waals surface area contributed by atoms with Gasteiger partial charge in [-0.3, -0.25) is 20.7 Å². The first-order valence-electron chi connectivity index (χ1n) is 6.35. The Balaban J connectivity index is 1.71. The zero-order valence-electron chi connectivity index (χ0n) is 11.4. The number of hydrogen-bond acceptors (Lipinski definition) is 4. The number of rotatable bonds is 4. The molecule has 9 heteroatoms. The number of benzene rings is 1. The number of anilines is 1. The summed E-state index contributed by atoms with van der Waals surface area (Å²) in [6, 6.07) is 8.56. The predicted octanol–water partition coefficient (Wildman–Crippen LogP) is 4.86. The zero-order valence-corrected chi connectivity index (χ0v) is 14.4. The monoisotopic (exact) mass is 386 g/mol. The van der Waals surface area contributed by atoms with Crippen LogP contribution in [0.1, 0.15) is 10.5 Å². The first-order chi connectivity index (χ1) is 11.0. The third kappa shape index (κ3) is 3.61. The van der Waals surface area contributed by atoms with Crippen LogP contribution >= 0.6 is 46.1 Å². The molecule has 1 aromatic carbocycles. The molecule has 0 fully saturated rings. The number of thiophene rings is 1. The van der Waals surface area contributed by atoms with E-state index < -0.39 is 5.91 Å². The second-order valence-corrected chi connectivity index (χ2v) is 6.67. The number of halogens is 3. The van der Waals surface area contributed by atoms with Crippen LogP contribution in [-0.2, 0) is 0 Å². The molecule has 3 rings (SSSR count). The summed E-state index contributed by atoms with van der Waals surface area (Å²) in [5.41, 5.74) is 6.54. The molecule has 0 spiro atoms. The first-order valence-corrected chi connectivity index (χ1v) is 8.36. The summed E-state index contributed by atoms with van der Waals surface area (Å²) < 4.78 is 0. The Morgan fingerprint density at radius 3 is 2.57 bits per heavy atom. The number of aromatic amines is 1. The minimum absolute atomic E-state index is 0.238. The number of amides is 1. The smallest absolute Gasteiger partial charge is 0.290 e. The fraction of sp³-hybridized carbons (Fsp3) is 0. The van der Waals surface area contributed by atoms with E-state index in [1.54, 1.807) is 17.4 Å². The molecule has 0 aliphatic rings. The Morgan fingerprint density at radius 1 is 1.17 bits per heavy atom. The standard InChI is InChI=1S/C14H9Cl3N4OS/c15-7-4-8(16)13(9(17)5-7)20-21-14(22)11-6-10(18-19-11)12-2-1-3-23-12/h1-6,20H,(H,18,19)(H,21,22). The number of carbonyl (C=O) groups is 1. The summed E-state index contributed by atoms with van der Waals surface area (Å²) in [7, 11) is 0. The molecule has 0 saturated heterocycles. The van der Waals surface area contributed by atoms with Crippen molar-refractivity contribution in [3.63, 3.8) is 0 Å². The van der Waals surface area contributed by atoms with Crippen molar-refractivity contribution in [1.29, 1.82) is 0 Å². The van der Waals surface area contributed by atoms with E-state index in [2.05, 4.69) is 21.0 Å². The second kappa shape index (κ2) is 6.80. The Hall–Kier alpha value is -1.73. The van der Waals surface area contributed by atoms with Crippen molar-refractivity contribution in [1.82, 2.24) is 15.6 Å². The molecule has 0 aliphatic carbocycles. The number of hydrazine groups is 1. The highest BCUT2D eigenvalue weighted by atomic mass is 35.5. The van der Waals surface area contributed by atoms with Crippen LogP contribution in [0.3, 0.4) is 0 Å². The van der Waals surface area contributed by atoms with Gasteiger partial charge in [0.05, 0.1) is 26.3 Å². The maximum absolute atomic E-state index is 12.1. The van der Waals surface area contributed by atoms with Gasteiger partial charge >= 0.3 is 0 Å². The van der Waals surface area contributed by atoms with E-state index in [1.807, 2.05) is 17.5 Å². The van der Waals surface area contributed by atoms with Gasteiger partial charge in [0.15, 0.2) is 5.69 Å². The van der Waals surface area contributed by atoms with Gasteiger partial charge in [-0.05, 0) is 29.6 Å². The zero-order chi connectivity index (χ0) is 16.4. The van der Waals surface area contributed by atoms with Crippen molar-refractivity contribution < 1.29 is 4.79 Å². The topological polar surface area (TPSA) is 69.8 Å². The molecule has 0 aliphatic heterocycles. The summed E-state index contributed by atoms with van der Waals surface area (Å²) in [5, 5.41) is 9.75. The second-order valence-electron chi connectivity index (χ2n) is 4.47. The Morgan fingerprint density at radius 2 is 1.91 bits per heavy atom. The van der Waals surface area contributed by atoms with Crippen molar-refractivity contribution in [2.45, 2.75) is 0 Å². The molecule has 0 unspecified atom stereocenters. The number of nitrogens with zero attached hydrogens (tertiary/aromatic N) is 1. The normalized spacial score (nSPS) is 10.6. The van der Waals surface area contributed by atoms with Crippen molar-refractivity contribution in [2.24, 2.45) is 0 Å². The lowest BCUT2D eigenvalue weighted by atomic mass is 10.3. The molecule has 0 bridgehead atoms. The molecule has 2 aromatic heterocycles. The minimum Gasteiger partial charge on any atom is -0.295 e. The van der Waals surface area contributed by atoms with Crippen LogP contribution in [-0.4, -0.2) is 16.1 Å². The molecule has 3 N–H and O–H groups in total. The van der Waals surface area contributed by atoms with Crippen molar-refractivity contribution in [2.75, 3.05) is 5.43 Å². The van der Waals surface area contributed by atoms with Gasteiger partial charge < -0.3 is 0 Å². The van der Waals surface area contributed by atoms with E-state index in [0.717, 1.165) is 10.6 Å². The van der Waals surface area contributed by atoms with Crippen molar-refractivity contribution in [3.05, 3.63) is 56.5 Å². The molecule has 5 nitrogen and oxygen atoms in total. The fourth-order valence-electron chi connectivity index (χ4n) is 1.84. The Bertz CT molecular complexity index is 825. The molecule has 0 saturated carbocycles. The van der Waals surface area contributed by atoms with E-state index in [1.165, 1.54) is 12.1 Å². The van der Waals surface area contributed by atoms with E-state index in [4.69, 9.17) is 34.8 Å². The van der Waals surface area contributed by atoms with Crippen molar-refractivity contribution >= 4 is 57.7 Å². The minimum atomic E-state index is -0.425. The van der Waals surface area contributed by atoms with E-state index in [0.29, 0.717) is 20.8 Å². The largest absolute Gasteiger partial charge is 0.295 e. The van der Waals surface area contributed by atoms with Gasteiger partial charge in [-0.15, -0.1) is 11.3 Å². The first kappa shape index (κ1) is 16.1. The number of nitrogens with one attached hydrogen (secondary N) is 3. The lowest BCUT2D eigenvalue weighted by molar-refractivity contribution is 0.0957. The van der Waals surface area contributed by atoms with Gasteiger partial charge in [0.2, 0.25) is 0 Å². The highest BCUT2D eigenvalue weighted by molar-refractivity contribution is 7.13. The maximum atomic E-state index is 12.1. The van der Waals surface area contributed by atoms with Crippen LogP contribution in [0.5, 0.6) is 0 Å². The average Bonchev–Trinajstić information content (AvgIpc) is 3.17. The van der Waals surface area contributed by atoms with Gasteiger partial charge in [-0.1, -0.05) is 40.9 Å². The lowest BCUT2D eigenvalue weighted by Gasteiger charge is -2.11. The van der Waals surface area contributed by atoms with E-state index in [9.17, 15) is 4.79 Å². The molecular formula is C14H9Cl3N4OS. The van der Waals surface area contributed by atoms with Crippen LogP contribution in [0.15, 0.2) is 35.7 Å². The number of H-pyrrole nitrogens is 1. The predicted molar refractivity (Wildman–Crippen MR) is 94.5 cm³/mol. The third-order valence-electron chi connectivity index (χ3n) is 2.91. The average molecular weight is 388 g/mol. The Kier molecular flexibility index (Phi) is 4.77. The van der Waals surface area contributed by atoms with E-state index in [-0.39, 0.29) is 5.69 Å². The summed E-state index contributed by atoms with van der Waals surface area (Å²) >= 11 is 19.5. The number of aromatic nitrogens is 2. The van der Waals surface area contributed by atoms with Gasteiger partial charge in [-0.25, -0.2) is 0 Å². The maximum Gasteiger partial charge on any atom is 0.290 e. The number of hydrogen-bond donors (Lipinski definition) is 3. The molecule has 2 heterocycles. The van der Waals surface area contributed by atoms with E-state index >= 15 is 0 Å². The highest BCUT2D eigenvalue weighted by Gasteiger charge is 2.13. The summed E-state index contributed by atoms with van der Waals surface area (Å²) in [5.74, 6) is -0.425. The van der Waals surface area contributed by atoms with Crippen molar-refractivity contribution in [3.8, 4) is 10.6 Å². The Labute approximate surface area is 150 Å². The molecular weight excluding hydrogens is 379 g/mol. The third-order valence-corrected chi connectivity index (χ3v) is 4.62. The van der Waals surface area contributed by atoms with Crippen LogP contribution in [0.25, 0.3) is 10.6 Å². The van der Waals surface area contributed by atoms with Gasteiger partial charge in [0.1, 0.15) is 0 Å². The van der Waals surface area contributed by atoms with Crippen LogP contribution in [0, 0.1) is 0 Å². The SMILES string of the molecule is O=C(NNc1c(Cl)cc(Cl)cc1Cl)c1cc(-c2cccs2)[nH]n1. The fourth-order valence-corrected chi connectivity index (χ4v) is 3.44. The molecule has 3 aromatic rings. The summed E-state index contributed by atoms with van der Waals surface area (Å²) in [6.45, 7) is 0. The van der Waals surface area contributed by atoms with Gasteiger partial charge in [-0.2, -0.15) is 5.10 Å². The van der Waals surface area contributed by atoms with Gasteiger partial charge in [0, 0.05) is 5.02 Å². The molecule has 0 atom stereocenters. The molecule has 118 valence electrons. The molecule has 1 amide bonds. The quantitative estimate of drug-likeness (QED) is 0.560. The summed E-state index contributed by atoms with van der Waals surface area (Å²) in [4.78, 5) is 13.1. The van der Waals surface area contributed by atoms with Crippen LogP contribution < -0.4 is 10.9 Å². The highest BCUT2D eigenvalue weighted by Crippen LogP contribution is 2.33. The summed E-state index contributed by atoms with van der Waals surface area (Å²) in [6.07, 6.45) is 0.